The number of aromatic nitrogens is 1. The normalized spacial score (nSPS) is 10.6. The fraction of sp³-hybridized carbons (Fsp3) is 0.0588. The monoisotopic (exact) mass is 331 g/mol. The van der Waals surface area contributed by atoms with Gasteiger partial charge < -0.3 is 14.3 Å². The van der Waals surface area contributed by atoms with E-state index in [0.29, 0.717) is 5.69 Å². The number of carbonyl (C=O) groups is 1. The lowest BCUT2D eigenvalue weighted by atomic mass is 10.2. The standard InChI is InChI=1S/C17H11F2NO4/c18-13-5-6-15(17(19)12(13)7-21)23-9-16-20-14(8-24-16)10-1-3-11(22)4-2-10/h1-8,22H,9H2. The molecule has 7 heteroatoms. The fourth-order valence-corrected chi connectivity index (χ4v) is 2.05. The molecule has 0 aliphatic carbocycles. The molecule has 1 aromatic heterocycles. The van der Waals surface area contributed by atoms with Gasteiger partial charge in [-0.05, 0) is 36.4 Å². The first-order valence-electron chi connectivity index (χ1n) is 6.88. The average molecular weight is 331 g/mol. The number of phenols is 1. The third-order valence-electron chi connectivity index (χ3n) is 3.27. The number of benzene rings is 2. The molecule has 0 amide bonds. The number of ether oxygens (including phenoxy) is 1. The second kappa shape index (κ2) is 6.49. The molecule has 0 bridgehead atoms. The van der Waals surface area contributed by atoms with Gasteiger partial charge in [0.25, 0.3) is 0 Å². The van der Waals surface area contributed by atoms with E-state index in [0.717, 1.165) is 17.7 Å². The molecule has 5 nitrogen and oxygen atoms in total. The molecule has 0 unspecified atom stereocenters. The lowest BCUT2D eigenvalue weighted by Crippen LogP contribution is -2.01. The Morgan fingerprint density at radius 1 is 1.17 bits per heavy atom. The molecule has 0 saturated carbocycles. The predicted octanol–water partition coefficient (Wildman–Crippen LogP) is 3.72. The second-order valence-corrected chi connectivity index (χ2v) is 4.85. The Kier molecular flexibility index (Phi) is 4.24. The minimum atomic E-state index is -1.07. The van der Waals surface area contributed by atoms with Gasteiger partial charge >= 0.3 is 0 Å². The summed E-state index contributed by atoms with van der Waals surface area (Å²) >= 11 is 0. The van der Waals surface area contributed by atoms with Crippen LogP contribution in [0.5, 0.6) is 11.5 Å². The lowest BCUT2D eigenvalue weighted by molar-refractivity contribution is 0.111. The van der Waals surface area contributed by atoms with Crippen molar-refractivity contribution in [3.63, 3.8) is 0 Å². The summed E-state index contributed by atoms with van der Waals surface area (Å²) in [7, 11) is 0. The van der Waals surface area contributed by atoms with Gasteiger partial charge in [0.2, 0.25) is 5.89 Å². The highest BCUT2D eigenvalue weighted by molar-refractivity contribution is 5.76. The van der Waals surface area contributed by atoms with Crippen molar-refractivity contribution in [3.05, 3.63) is 65.7 Å². The van der Waals surface area contributed by atoms with Gasteiger partial charge in [0.05, 0.1) is 5.56 Å². The van der Waals surface area contributed by atoms with Gasteiger partial charge in [-0.3, -0.25) is 4.79 Å². The summed E-state index contributed by atoms with van der Waals surface area (Å²) in [6.07, 6.45) is 1.48. The second-order valence-electron chi connectivity index (χ2n) is 4.85. The van der Waals surface area contributed by atoms with Gasteiger partial charge in [-0.15, -0.1) is 0 Å². The molecule has 24 heavy (non-hydrogen) atoms. The fourth-order valence-electron chi connectivity index (χ4n) is 2.05. The number of nitrogens with zero attached hydrogens (tertiary/aromatic N) is 1. The maximum Gasteiger partial charge on any atom is 0.232 e. The molecule has 0 saturated heterocycles. The van der Waals surface area contributed by atoms with E-state index in [1.165, 1.54) is 18.4 Å². The van der Waals surface area contributed by atoms with Crippen LogP contribution in [0.2, 0.25) is 0 Å². The van der Waals surface area contributed by atoms with E-state index >= 15 is 0 Å². The van der Waals surface area contributed by atoms with Crippen LogP contribution in [0.25, 0.3) is 11.3 Å². The van der Waals surface area contributed by atoms with Crippen molar-refractivity contribution < 1.29 is 27.8 Å². The lowest BCUT2D eigenvalue weighted by Gasteiger charge is -2.06. The van der Waals surface area contributed by atoms with Crippen LogP contribution in [0.1, 0.15) is 16.2 Å². The van der Waals surface area contributed by atoms with Gasteiger partial charge in [0.15, 0.2) is 24.5 Å². The smallest absolute Gasteiger partial charge is 0.232 e. The van der Waals surface area contributed by atoms with Crippen LogP contribution in [-0.4, -0.2) is 16.4 Å². The molecule has 0 fully saturated rings. The Morgan fingerprint density at radius 3 is 2.62 bits per heavy atom. The topological polar surface area (TPSA) is 72.6 Å². The molecule has 0 radical (unpaired) electrons. The van der Waals surface area contributed by atoms with Crippen molar-refractivity contribution in [1.29, 1.82) is 0 Å². The molecule has 3 rings (SSSR count). The summed E-state index contributed by atoms with van der Waals surface area (Å²) in [6.45, 7) is -0.196. The van der Waals surface area contributed by atoms with E-state index in [1.807, 2.05) is 0 Å². The highest BCUT2D eigenvalue weighted by atomic mass is 19.1. The van der Waals surface area contributed by atoms with E-state index in [1.54, 1.807) is 12.1 Å². The summed E-state index contributed by atoms with van der Waals surface area (Å²) in [5, 5.41) is 9.26. The maximum atomic E-state index is 13.9. The van der Waals surface area contributed by atoms with Gasteiger partial charge in [-0.1, -0.05) is 0 Å². The SMILES string of the molecule is O=Cc1c(F)ccc(OCc2nc(-c3ccc(O)cc3)co2)c1F. The van der Waals surface area contributed by atoms with Crippen molar-refractivity contribution in [2.75, 3.05) is 0 Å². The largest absolute Gasteiger partial charge is 0.508 e. The van der Waals surface area contributed by atoms with Crippen LogP contribution in [-0.2, 0) is 6.61 Å². The molecule has 3 aromatic rings. The van der Waals surface area contributed by atoms with E-state index in [-0.39, 0.29) is 30.3 Å². The number of aromatic hydroxyl groups is 1. The molecule has 1 heterocycles. The number of rotatable bonds is 5. The number of oxazole rings is 1. The number of phenolic OH excluding ortho intramolecular Hbond substituents is 1. The Balaban J connectivity index is 1.74. The molecule has 122 valence electrons. The third-order valence-corrected chi connectivity index (χ3v) is 3.27. The Labute approximate surface area is 135 Å². The van der Waals surface area contributed by atoms with Gasteiger partial charge in [0.1, 0.15) is 23.5 Å². The molecule has 0 spiro atoms. The van der Waals surface area contributed by atoms with Crippen LogP contribution in [0, 0.1) is 11.6 Å². The highest BCUT2D eigenvalue weighted by Crippen LogP contribution is 2.24. The van der Waals surface area contributed by atoms with Crippen molar-refractivity contribution in [2.45, 2.75) is 6.61 Å². The zero-order valence-electron chi connectivity index (χ0n) is 12.2. The quantitative estimate of drug-likeness (QED) is 0.722. The Bertz CT molecular complexity index is 875. The van der Waals surface area contributed by atoms with Crippen molar-refractivity contribution in [1.82, 2.24) is 4.98 Å². The molecule has 1 N–H and O–H groups in total. The van der Waals surface area contributed by atoms with Gasteiger partial charge in [0, 0.05) is 5.56 Å². The number of aldehydes is 1. The summed E-state index contributed by atoms with van der Waals surface area (Å²) in [4.78, 5) is 14.9. The van der Waals surface area contributed by atoms with Crippen LogP contribution in [0.4, 0.5) is 8.78 Å². The first-order valence-corrected chi connectivity index (χ1v) is 6.88. The molecular weight excluding hydrogens is 320 g/mol. The number of carbonyl (C=O) groups excluding carboxylic acids is 1. The molecule has 0 atom stereocenters. The van der Waals surface area contributed by atoms with E-state index < -0.39 is 17.2 Å². The van der Waals surface area contributed by atoms with Crippen LogP contribution in [0.3, 0.4) is 0 Å². The van der Waals surface area contributed by atoms with E-state index in [9.17, 15) is 18.7 Å². The summed E-state index contributed by atoms with van der Waals surface area (Å²) in [6, 6.07) is 8.37. The average Bonchev–Trinajstić information content (AvgIpc) is 3.04. The predicted molar refractivity (Wildman–Crippen MR) is 79.7 cm³/mol. The minimum absolute atomic E-state index is 0.0889. The summed E-state index contributed by atoms with van der Waals surface area (Å²) < 4.78 is 37.5. The Morgan fingerprint density at radius 2 is 1.92 bits per heavy atom. The Hall–Kier alpha value is -3.22. The number of halogens is 2. The zero-order valence-corrected chi connectivity index (χ0v) is 12.2. The highest BCUT2D eigenvalue weighted by Gasteiger charge is 2.15. The van der Waals surface area contributed by atoms with Crippen LogP contribution in [0.15, 0.2) is 47.1 Å². The number of hydrogen-bond acceptors (Lipinski definition) is 5. The van der Waals surface area contributed by atoms with Crippen molar-refractivity contribution >= 4 is 6.29 Å². The molecular formula is C17H11F2NO4. The first kappa shape index (κ1) is 15.7. The van der Waals surface area contributed by atoms with Crippen LogP contribution >= 0.6 is 0 Å². The van der Waals surface area contributed by atoms with Gasteiger partial charge in [-0.25, -0.2) is 13.8 Å². The summed E-state index contributed by atoms with van der Waals surface area (Å²) in [5.41, 5.74) is 0.547. The molecule has 0 aliphatic rings. The minimum Gasteiger partial charge on any atom is -0.508 e. The summed E-state index contributed by atoms with van der Waals surface area (Å²) in [5.74, 6) is -2.00. The van der Waals surface area contributed by atoms with Crippen molar-refractivity contribution in [3.8, 4) is 22.8 Å². The number of hydrogen-bond donors (Lipinski definition) is 1. The maximum absolute atomic E-state index is 13.9. The third kappa shape index (κ3) is 3.10. The molecule has 0 aliphatic heterocycles. The zero-order chi connectivity index (χ0) is 17.1. The van der Waals surface area contributed by atoms with E-state index in [4.69, 9.17) is 9.15 Å². The van der Waals surface area contributed by atoms with Gasteiger partial charge in [-0.2, -0.15) is 0 Å². The van der Waals surface area contributed by atoms with Crippen molar-refractivity contribution in [2.24, 2.45) is 0 Å². The van der Waals surface area contributed by atoms with Crippen LogP contribution < -0.4 is 4.74 Å². The first-order chi connectivity index (χ1) is 11.6. The van der Waals surface area contributed by atoms with E-state index in [2.05, 4.69) is 4.98 Å². The molecule has 2 aromatic carbocycles.